The number of anilines is 1. The lowest BCUT2D eigenvalue weighted by molar-refractivity contribution is -0.136. The highest BCUT2D eigenvalue weighted by atomic mass is 16.7. The van der Waals surface area contributed by atoms with Crippen LogP contribution in [0.5, 0.6) is 0 Å². The van der Waals surface area contributed by atoms with Crippen LogP contribution in [0.3, 0.4) is 0 Å². The molecule has 1 aliphatic rings. The predicted octanol–water partition coefficient (Wildman–Crippen LogP) is 2.20. The van der Waals surface area contributed by atoms with E-state index in [0.29, 0.717) is 12.2 Å². The molecule has 0 bridgehead atoms. The van der Waals surface area contributed by atoms with Gasteiger partial charge in [0.1, 0.15) is 6.26 Å². The molecule has 6 heteroatoms. The van der Waals surface area contributed by atoms with Crippen molar-refractivity contribution in [2.75, 3.05) is 5.32 Å². The van der Waals surface area contributed by atoms with E-state index in [0.717, 1.165) is 11.3 Å². The second-order valence-electron chi connectivity index (χ2n) is 4.74. The molecule has 1 N–H and O–H groups in total. The maximum Gasteiger partial charge on any atom is 0.272 e. The first-order chi connectivity index (χ1) is 9.67. The maximum absolute atomic E-state index is 12.2. The van der Waals surface area contributed by atoms with Crippen molar-refractivity contribution in [3.8, 4) is 0 Å². The smallest absolute Gasteiger partial charge is 0.272 e. The number of nitrogens with zero attached hydrogens (tertiary/aromatic N) is 2. The van der Waals surface area contributed by atoms with E-state index in [4.69, 9.17) is 4.84 Å². The normalized spacial score (nSPS) is 21.1. The molecule has 0 unspecified atom stereocenters. The lowest BCUT2D eigenvalue weighted by Gasteiger charge is -2.19. The van der Waals surface area contributed by atoms with Crippen molar-refractivity contribution in [3.63, 3.8) is 0 Å². The Kier molecular flexibility index (Phi) is 2.98. The van der Waals surface area contributed by atoms with E-state index < -0.39 is 5.60 Å². The Hall–Kier alpha value is -2.63. The number of benzene rings is 1. The van der Waals surface area contributed by atoms with E-state index in [1.54, 1.807) is 13.0 Å². The Balaban J connectivity index is 1.72. The van der Waals surface area contributed by atoms with E-state index >= 15 is 0 Å². The van der Waals surface area contributed by atoms with Gasteiger partial charge in [0.05, 0.1) is 5.71 Å². The van der Waals surface area contributed by atoms with Crippen LogP contribution in [0, 0.1) is 0 Å². The third kappa shape index (κ3) is 2.27. The van der Waals surface area contributed by atoms with Crippen molar-refractivity contribution in [3.05, 3.63) is 48.2 Å². The van der Waals surface area contributed by atoms with Crippen molar-refractivity contribution in [2.24, 2.45) is 5.16 Å². The van der Waals surface area contributed by atoms with Crippen LogP contribution >= 0.6 is 0 Å². The number of amides is 1. The lowest BCUT2D eigenvalue weighted by Crippen LogP contribution is -2.40. The van der Waals surface area contributed by atoms with E-state index in [-0.39, 0.29) is 5.91 Å². The van der Waals surface area contributed by atoms with Crippen molar-refractivity contribution in [2.45, 2.75) is 18.9 Å². The van der Waals surface area contributed by atoms with Crippen molar-refractivity contribution in [1.82, 2.24) is 5.16 Å². The summed E-state index contributed by atoms with van der Waals surface area (Å²) in [5.41, 5.74) is 0.665. The minimum Gasteiger partial charge on any atom is -0.379 e. The van der Waals surface area contributed by atoms with Crippen LogP contribution in [-0.2, 0) is 9.63 Å². The molecule has 1 aromatic heterocycles. The summed E-state index contributed by atoms with van der Waals surface area (Å²) < 4.78 is 4.67. The molecule has 0 aliphatic carbocycles. The molecule has 0 radical (unpaired) electrons. The summed E-state index contributed by atoms with van der Waals surface area (Å²) in [4.78, 5) is 17.6. The molecule has 20 heavy (non-hydrogen) atoms. The van der Waals surface area contributed by atoms with Gasteiger partial charge in [0.2, 0.25) is 5.60 Å². The average molecular weight is 271 g/mol. The van der Waals surface area contributed by atoms with Crippen molar-refractivity contribution in [1.29, 1.82) is 0 Å². The first-order valence-electron chi connectivity index (χ1n) is 6.20. The molecule has 1 amide bonds. The molecule has 0 fully saturated rings. The highest BCUT2D eigenvalue weighted by Crippen LogP contribution is 2.27. The van der Waals surface area contributed by atoms with Crippen LogP contribution in [0.1, 0.15) is 18.9 Å². The summed E-state index contributed by atoms with van der Waals surface area (Å²) in [5, 5.41) is 10.3. The maximum atomic E-state index is 12.2. The van der Waals surface area contributed by atoms with Gasteiger partial charge in [-0.2, -0.15) is 0 Å². The van der Waals surface area contributed by atoms with Gasteiger partial charge in [0, 0.05) is 12.5 Å². The van der Waals surface area contributed by atoms with Gasteiger partial charge < -0.3 is 14.7 Å². The average Bonchev–Trinajstić information content (AvgIpc) is 3.10. The Labute approximate surface area is 115 Å². The largest absolute Gasteiger partial charge is 0.379 e. The highest BCUT2D eigenvalue weighted by molar-refractivity contribution is 6.07. The van der Waals surface area contributed by atoms with E-state index in [9.17, 15) is 4.79 Å². The van der Waals surface area contributed by atoms with Gasteiger partial charge in [-0.15, -0.1) is 0 Å². The number of rotatable bonds is 3. The van der Waals surface area contributed by atoms with Crippen LogP contribution < -0.4 is 5.32 Å². The molecule has 2 aromatic rings. The second-order valence-corrected chi connectivity index (χ2v) is 4.74. The van der Waals surface area contributed by atoms with Crippen molar-refractivity contribution < 1.29 is 14.2 Å². The van der Waals surface area contributed by atoms with Crippen LogP contribution in [-0.4, -0.2) is 22.4 Å². The SMILES string of the molecule is C[C@@]1(C(=O)Nc2ccon2)CC(c2ccccc2)=NO1. The topological polar surface area (TPSA) is 76.7 Å². The van der Waals surface area contributed by atoms with Gasteiger partial charge >= 0.3 is 0 Å². The second kappa shape index (κ2) is 4.80. The number of carbonyl (C=O) groups excluding carboxylic acids is 1. The van der Waals surface area contributed by atoms with Crippen LogP contribution in [0.25, 0.3) is 0 Å². The van der Waals surface area contributed by atoms with E-state index in [1.165, 1.54) is 6.26 Å². The number of hydrogen-bond acceptors (Lipinski definition) is 5. The van der Waals surface area contributed by atoms with Gasteiger partial charge in [0.25, 0.3) is 5.91 Å². The highest BCUT2D eigenvalue weighted by Gasteiger charge is 2.42. The number of hydrogen-bond donors (Lipinski definition) is 1. The summed E-state index contributed by atoms with van der Waals surface area (Å²) in [5.74, 6) is 0.0501. The third-order valence-corrected chi connectivity index (χ3v) is 3.13. The molecule has 0 spiro atoms. The lowest BCUT2D eigenvalue weighted by atomic mass is 9.95. The van der Waals surface area contributed by atoms with Crippen LogP contribution in [0.2, 0.25) is 0 Å². The minimum absolute atomic E-state index is 0.305. The number of carbonyl (C=O) groups is 1. The van der Waals surface area contributed by atoms with Gasteiger partial charge in [-0.3, -0.25) is 4.79 Å². The minimum atomic E-state index is -1.04. The molecule has 102 valence electrons. The fraction of sp³-hybridized carbons (Fsp3) is 0.214. The molecule has 0 saturated heterocycles. The zero-order valence-corrected chi connectivity index (χ0v) is 10.9. The van der Waals surface area contributed by atoms with E-state index in [2.05, 4.69) is 20.2 Å². The third-order valence-electron chi connectivity index (χ3n) is 3.13. The fourth-order valence-corrected chi connectivity index (χ4v) is 1.97. The van der Waals surface area contributed by atoms with Gasteiger partial charge in [-0.05, 0) is 12.5 Å². The van der Waals surface area contributed by atoms with Gasteiger partial charge in [0.15, 0.2) is 5.82 Å². The van der Waals surface area contributed by atoms with Crippen molar-refractivity contribution >= 4 is 17.4 Å². The van der Waals surface area contributed by atoms with Gasteiger partial charge in [-0.25, -0.2) is 0 Å². The monoisotopic (exact) mass is 271 g/mol. The molecular formula is C14H13N3O3. The number of aromatic nitrogens is 1. The zero-order chi connectivity index (χ0) is 14.0. The molecule has 0 saturated carbocycles. The van der Waals surface area contributed by atoms with Crippen LogP contribution in [0.15, 0.2) is 52.3 Å². The quantitative estimate of drug-likeness (QED) is 0.928. The Morgan fingerprint density at radius 3 is 2.80 bits per heavy atom. The number of nitrogens with one attached hydrogen (secondary N) is 1. The molecule has 2 heterocycles. The fourth-order valence-electron chi connectivity index (χ4n) is 1.97. The van der Waals surface area contributed by atoms with Gasteiger partial charge in [-0.1, -0.05) is 40.6 Å². The van der Waals surface area contributed by atoms with E-state index in [1.807, 2.05) is 30.3 Å². The summed E-state index contributed by atoms with van der Waals surface area (Å²) in [6.45, 7) is 1.70. The molecule has 1 aliphatic heterocycles. The molecular weight excluding hydrogens is 258 g/mol. The number of oxime groups is 1. The first kappa shape index (κ1) is 12.4. The predicted molar refractivity (Wildman–Crippen MR) is 72.2 cm³/mol. The summed E-state index contributed by atoms with van der Waals surface area (Å²) in [6, 6.07) is 11.2. The molecule has 1 atom stereocenters. The molecule has 1 aromatic carbocycles. The molecule has 3 rings (SSSR count). The zero-order valence-electron chi connectivity index (χ0n) is 10.9. The summed E-state index contributed by atoms with van der Waals surface area (Å²) in [7, 11) is 0. The first-order valence-corrected chi connectivity index (χ1v) is 6.20. The Morgan fingerprint density at radius 1 is 1.30 bits per heavy atom. The standard InChI is InChI=1S/C14H13N3O3/c1-14(13(18)15-12-7-8-19-17-12)9-11(16-20-14)10-5-3-2-4-6-10/h2-8H,9H2,1H3,(H,15,17,18)/t14-/m0/s1. The summed E-state index contributed by atoms with van der Waals surface area (Å²) in [6.07, 6.45) is 1.79. The Morgan fingerprint density at radius 2 is 2.10 bits per heavy atom. The van der Waals surface area contributed by atoms with Crippen LogP contribution in [0.4, 0.5) is 5.82 Å². The molecule has 6 nitrogen and oxygen atoms in total. The Bertz CT molecular complexity index is 637. The summed E-state index contributed by atoms with van der Waals surface area (Å²) >= 11 is 0.